The summed E-state index contributed by atoms with van der Waals surface area (Å²) in [6.07, 6.45) is -8.25. The van der Waals surface area contributed by atoms with E-state index in [1.54, 1.807) is 11.8 Å². The molecule has 1 aliphatic carbocycles. The Hall–Kier alpha value is -3.50. The molecule has 16 heteroatoms. The highest BCUT2D eigenvalue weighted by Crippen LogP contribution is 2.45. The van der Waals surface area contributed by atoms with Gasteiger partial charge in [0.1, 0.15) is 5.82 Å². The Morgan fingerprint density at radius 2 is 1.70 bits per heavy atom. The number of nitrogens with two attached hydrogens (primary N) is 1. The number of rotatable bonds is 5. The summed E-state index contributed by atoms with van der Waals surface area (Å²) in [6.45, 7) is 0.835. The van der Waals surface area contributed by atoms with Crippen LogP contribution in [-0.2, 0) is 15.2 Å². The summed E-state index contributed by atoms with van der Waals surface area (Å²) in [6, 6.07) is 3.67. The zero-order valence-corrected chi connectivity index (χ0v) is 20.9. The molecule has 1 unspecified atom stereocenters. The van der Waals surface area contributed by atoms with Gasteiger partial charge in [0.05, 0.1) is 30.3 Å². The summed E-state index contributed by atoms with van der Waals surface area (Å²) in [5, 5.41) is 35.9. The van der Waals surface area contributed by atoms with E-state index in [0.717, 1.165) is 12.1 Å². The number of amides is 1. The molecular weight excluding hydrogens is 554 g/mol. The van der Waals surface area contributed by atoms with Gasteiger partial charge in [0.15, 0.2) is 0 Å². The zero-order valence-electron chi connectivity index (χ0n) is 20.9. The second-order valence-corrected chi connectivity index (χ2v) is 9.64. The second kappa shape index (κ2) is 11.2. The Balaban J connectivity index is 0.000000559. The first-order chi connectivity index (χ1) is 18.4. The number of likely N-dealkylation sites (tertiary alicyclic amines) is 1. The predicted octanol–water partition coefficient (Wildman–Crippen LogP) is 2.11. The second-order valence-electron chi connectivity index (χ2n) is 9.64. The van der Waals surface area contributed by atoms with E-state index < -0.39 is 42.2 Å². The summed E-state index contributed by atoms with van der Waals surface area (Å²) < 4.78 is 72.0. The summed E-state index contributed by atoms with van der Waals surface area (Å²) in [7, 11) is 0. The van der Waals surface area contributed by atoms with Crippen LogP contribution in [-0.4, -0.2) is 85.3 Å². The minimum atomic E-state index is -5.08. The lowest BCUT2D eigenvalue weighted by atomic mass is 9.72. The fourth-order valence-electron chi connectivity index (χ4n) is 4.28. The van der Waals surface area contributed by atoms with E-state index in [1.807, 2.05) is 0 Å². The van der Waals surface area contributed by atoms with E-state index in [2.05, 4.69) is 9.97 Å². The third-order valence-corrected chi connectivity index (χ3v) is 6.81. The normalized spacial score (nSPS) is 20.9. The molecule has 1 saturated heterocycles. The Morgan fingerprint density at radius 1 is 1.12 bits per heavy atom. The summed E-state index contributed by atoms with van der Waals surface area (Å²) in [5.74, 6) is -2.90. The minimum Gasteiger partial charge on any atom is -0.475 e. The van der Waals surface area contributed by atoms with Crippen LogP contribution < -0.4 is 5.73 Å². The molecular formula is C24H26F6N4O6. The van der Waals surface area contributed by atoms with Gasteiger partial charge in [-0.15, -0.1) is 0 Å². The number of aryl methyl sites for hydroxylation is 1. The number of aliphatic hydroxyl groups excluding tert-OH is 2. The Labute approximate surface area is 223 Å². The largest absolute Gasteiger partial charge is 0.490 e. The van der Waals surface area contributed by atoms with Gasteiger partial charge in [-0.25, -0.2) is 14.8 Å². The molecule has 6 N–H and O–H groups in total. The van der Waals surface area contributed by atoms with Crippen molar-refractivity contribution in [2.75, 3.05) is 25.4 Å². The topological polar surface area (TPSA) is 170 Å². The third kappa shape index (κ3) is 6.28. The molecule has 0 spiro atoms. The zero-order chi connectivity index (χ0) is 30.2. The number of aromatic nitrogens is 2. The molecule has 2 aliphatic rings. The van der Waals surface area contributed by atoms with Crippen LogP contribution in [0.15, 0.2) is 24.4 Å². The maximum atomic E-state index is 13.4. The Kier molecular flexibility index (Phi) is 8.67. The summed E-state index contributed by atoms with van der Waals surface area (Å²) in [4.78, 5) is 31.6. The van der Waals surface area contributed by atoms with Crippen molar-refractivity contribution in [1.82, 2.24) is 14.9 Å². The molecule has 2 aromatic rings. The van der Waals surface area contributed by atoms with Gasteiger partial charge >= 0.3 is 18.3 Å². The van der Waals surface area contributed by atoms with Crippen LogP contribution in [0.5, 0.6) is 0 Å². The maximum absolute atomic E-state index is 13.4. The van der Waals surface area contributed by atoms with Crippen molar-refractivity contribution in [3.63, 3.8) is 0 Å². The maximum Gasteiger partial charge on any atom is 0.490 e. The van der Waals surface area contributed by atoms with Crippen LogP contribution in [0.25, 0.3) is 11.3 Å². The minimum absolute atomic E-state index is 0.0155. The van der Waals surface area contributed by atoms with Crippen molar-refractivity contribution < 1.29 is 56.4 Å². The van der Waals surface area contributed by atoms with E-state index in [1.165, 1.54) is 12.3 Å². The smallest absolute Gasteiger partial charge is 0.475 e. The van der Waals surface area contributed by atoms with E-state index in [0.29, 0.717) is 42.8 Å². The summed E-state index contributed by atoms with van der Waals surface area (Å²) >= 11 is 0. The van der Waals surface area contributed by atoms with Crippen molar-refractivity contribution in [3.05, 3.63) is 41.2 Å². The fraction of sp³-hybridized carbons (Fsp3) is 0.500. The van der Waals surface area contributed by atoms with Crippen LogP contribution in [0.2, 0.25) is 0 Å². The van der Waals surface area contributed by atoms with Crippen LogP contribution in [0.1, 0.15) is 35.6 Å². The van der Waals surface area contributed by atoms with Gasteiger partial charge in [0, 0.05) is 30.5 Å². The van der Waals surface area contributed by atoms with Gasteiger partial charge in [-0.2, -0.15) is 26.3 Å². The van der Waals surface area contributed by atoms with E-state index in [-0.39, 0.29) is 29.3 Å². The number of carboxylic acid groups (broad SMARTS) is 1. The molecule has 4 rings (SSSR count). The lowest BCUT2D eigenvalue weighted by molar-refractivity contribution is -0.277. The standard InChI is InChI=1S/C22H25F3N4O4.C2HF3O2/c1-11-2-3-14(21(33,10-30)22(23,24)25)6-16(11)17-7-27-19(26)18(28-17)12-4-13(5-12)20(32)29-8-15(31)9-29;3-2(4,5)1(6)7/h2-3,6-7,12-13,15,30-31,33H,4-5,8-10H2,1H3,(H2,26,27);(H,6,7). The number of nitrogens with zero attached hydrogens (tertiary/aromatic N) is 3. The number of aliphatic carboxylic acids is 1. The first kappa shape index (κ1) is 31.0. The first-order valence-corrected chi connectivity index (χ1v) is 11.8. The van der Waals surface area contributed by atoms with Crippen LogP contribution >= 0.6 is 0 Å². The van der Waals surface area contributed by atoms with E-state index >= 15 is 0 Å². The number of β-amino-alcohol motifs (C(OH)–C–C–N with tert-alkyl or cyclic N) is 1. The number of hydrogen-bond donors (Lipinski definition) is 5. The number of carbonyl (C=O) groups excluding carboxylic acids is 1. The number of aliphatic hydroxyl groups is 3. The highest BCUT2D eigenvalue weighted by atomic mass is 19.4. The van der Waals surface area contributed by atoms with Gasteiger partial charge in [-0.05, 0) is 37.0 Å². The molecule has 1 aromatic carbocycles. The molecule has 40 heavy (non-hydrogen) atoms. The molecule has 1 atom stereocenters. The van der Waals surface area contributed by atoms with Gasteiger partial charge in [-0.3, -0.25) is 4.79 Å². The van der Waals surface area contributed by atoms with Crippen LogP contribution in [0, 0.1) is 12.8 Å². The highest BCUT2D eigenvalue weighted by Gasteiger charge is 2.55. The number of hydrogen-bond acceptors (Lipinski definition) is 8. The number of anilines is 1. The molecule has 2 heterocycles. The average Bonchev–Trinajstić information content (AvgIpc) is 2.81. The van der Waals surface area contributed by atoms with Crippen molar-refractivity contribution in [2.24, 2.45) is 5.92 Å². The summed E-state index contributed by atoms with van der Waals surface area (Å²) in [5.41, 5.74) is 3.76. The van der Waals surface area contributed by atoms with Crippen LogP contribution in [0.3, 0.4) is 0 Å². The molecule has 2 fully saturated rings. The Bertz CT molecular complexity index is 1260. The number of nitrogen functional groups attached to an aromatic ring is 1. The van der Waals surface area contributed by atoms with Crippen LogP contribution in [0.4, 0.5) is 32.2 Å². The molecule has 1 amide bonds. The van der Waals surface area contributed by atoms with Gasteiger partial charge < -0.3 is 31.1 Å². The van der Waals surface area contributed by atoms with Crippen molar-refractivity contribution in [1.29, 1.82) is 0 Å². The molecule has 220 valence electrons. The predicted molar refractivity (Wildman–Crippen MR) is 125 cm³/mol. The quantitative estimate of drug-likeness (QED) is 0.333. The lowest BCUT2D eigenvalue weighted by Gasteiger charge is -2.42. The molecule has 10 nitrogen and oxygen atoms in total. The third-order valence-electron chi connectivity index (χ3n) is 6.81. The number of carboxylic acids is 1. The van der Waals surface area contributed by atoms with Crippen molar-refractivity contribution in [2.45, 2.75) is 49.7 Å². The molecule has 1 aliphatic heterocycles. The Morgan fingerprint density at radius 3 is 2.17 bits per heavy atom. The van der Waals surface area contributed by atoms with Gasteiger partial charge in [-0.1, -0.05) is 12.1 Å². The molecule has 0 radical (unpaired) electrons. The number of carbonyl (C=O) groups is 2. The van der Waals surface area contributed by atoms with Gasteiger partial charge in [0.25, 0.3) is 0 Å². The lowest BCUT2D eigenvalue weighted by Crippen LogP contribution is -2.56. The number of benzene rings is 1. The molecule has 0 bridgehead atoms. The van der Waals surface area contributed by atoms with E-state index in [9.17, 15) is 46.5 Å². The average molecular weight is 580 g/mol. The van der Waals surface area contributed by atoms with Crippen molar-refractivity contribution >= 4 is 17.7 Å². The highest BCUT2D eigenvalue weighted by molar-refractivity contribution is 5.81. The van der Waals surface area contributed by atoms with E-state index in [4.69, 9.17) is 15.6 Å². The monoisotopic (exact) mass is 580 g/mol. The fourth-order valence-corrected chi connectivity index (χ4v) is 4.28. The first-order valence-electron chi connectivity index (χ1n) is 11.8. The van der Waals surface area contributed by atoms with Gasteiger partial charge in [0.2, 0.25) is 11.5 Å². The SMILES string of the molecule is Cc1ccc(C(O)(CO)C(F)(F)F)cc1-c1cnc(N)c(C2CC(C(=O)N3CC(O)C3)C2)n1.O=C(O)C(F)(F)F. The number of halogens is 6. The molecule has 1 saturated carbocycles. The molecule has 1 aromatic heterocycles. The van der Waals surface area contributed by atoms with Crippen molar-refractivity contribution in [3.8, 4) is 11.3 Å². The number of alkyl halides is 6.